The maximum Gasteiger partial charge on any atom is 0.316 e. The van der Waals surface area contributed by atoms with Gasteiger partial charge in [0.2, 0.25) is 11.8 Å². The fourth-order valence-electron chi connectivity index (χ4n) is 4.48. The monoisotopic (exact) mass is 391 g/mol. The van der Waals surface area contributed by atoms with Gasteiger partial charge in [0.25, 0.3) is 0 Å². The number of carbonyl (C=O) groups is 1. The van der Waals surface area contributed by atoms with Gasteiger partial charge in [-0.05, 0) is 68.1 Å². The molecule has 3 aliphatic rings. The van der Waals surface area contributed by atoms with Crippen LogP contribution in [0.25, 0.3) is 0 Å². The van der Waals surface area contributed by atoms with E-state index in [1.54, 1.807) is 0 Å². The molecule has 7 nitrogen and oxygen atoms in total. The molecule has 2 aliphatic carbocycles. The Labute approximate surface area is 170 Å². The Morgan fingerprint density at radius 2 is 1.93 bits per heavy atom. The number of nitriles is 1. The van der Waals surface area contributed by atoms with E-state index in [0.717, 1.165) is 32.4 Å². The molecule has 3 atom stereocenters. The van der Waals surface area contributed by atoms with E-state index in [4.69, 9.17) is 9.68 Å². The lowest BCUT2D eigenvalue weighted by atomic mass is 9.93. The van der Waals surface area contributed by atoms with E-state index in [-0.39, 0.29) is 17.9 Å². The first kappa shape index (κ1) is 18.2. The molecule has 2 aromatic rings. The molecule has 0 radical (unpaired) electrons. The number of likely N-dealkylation sites (tertiary alicyclic amines) is 1. The van der Waals surface area contributed by atoms with Gasteiger partial charge < -0.3 is 14.6 Å². The van der Waals surface area contributed by atoms with Crippen molar-refractivity contribution in [1.29, 1.82) is 5.26 Å². The summed E-state index contributed by atoms with van der Waals surface area (Å²) in [6.07, 6.45) is 5.89. The number of nitrogens with one attached hydrogen (secondary N) is 1. The topological polar surface area (TPSA) is 95.0 Å². The second-order valence-corrected chi connectivity index (χ2v) is 8.82. The molecule has 5 rings (SSSR count). The standard InChI is InChI=1S/C22H25N5O2/c1-14(20(28)27-10-8-22(6-7-22)9-11-27)24-21-26-25-19(29-21)18-12-17(18)16-4-2-15(13-23)3-5-16/h2-5,14,17-18H,6-12H2,1H3,(H,24,26)/t14-,17-,18?/m1/s1. The predicted molar refractivity (Wildman–Crippen MR) is 106 cm³/mol. The third kappa shape index (κ3) is 3.59. The summed E-state index contributed by atoms with van der Waals surface area (Å²) in [6.45, 7) is 3.56. The van der Waals surface area contributed by atoms with Crippen molar-refractivity contribution in [3.63, 3.8) is 0 Å². The number of carbonyl (C=O) groups excluding carboxylic acids is 1. The van der Waals surface area contributed by atoms with Crippen molar-refractivity contribution in [3.05, 3.63) is 41.3 Å². The molecule has 1 aromatic heterocycles. The van der Waals surface area contributed by atoms with E-state index < -0.39 is 0 Å². The summed E-state index contributed by atoms with van der Waals surface area (Å²) < 4.78 is 5.80. The summed E-state index contributed by atoms with van der Waals surface area (Å²) in [4.78, 5) is 14.7. The van der Waals surface area contributed by atoms with Crippen LogP contribution >= 0.6 is 0 Å². The van der Waals surface area contributed by atoms with Crippen molar-refractivity contribution in [3.8, 4) is 6.07 Å². The van der Waals surface area contributed by atoms with Gasteiger partial charge in [-0.2, -0.15) is 5.26 Å². The molecule has 29 heavy (non-hydrogen) atoms. The molecular weight excluding hydrogens is 366 g/mol. The third-order valence-electron chi connectivity index (χ3n) is 6.82. The van der Waals surface area contributed by atoms with Gasteiger partial charge in [-0.1, -0.05) is 17.2 Å². The number of nitrogens with zero attached hydrogens (tertiary/aromatic N) is 4. The Hall–Kier alpha value is -2.88. The number of anilines is 1. The fraction of sp³-hybridized carbons (Fsp3) is 0.545. The van der Waals surface area contributed by atoms with Crippen molar-refractivity contribution in [2.75, 3.05) is 18.4 Å². The first-order chi connectivity index (χ1) is 14.1. The van der Waals surface area contributed by atoms with E-state index in [9.17, 15) is 4.79 Å². The van der Waals surface area contributed by atoms with Crippen molar-refractivity contribution in [2.45, 2.75) is 56.9 Å². The van der Waals surface area contributed by atoms with Crippen molar-refractivity contribution in [1.82, 2.24) is 15.1 Å². The maximum absolute atomic E-state index is 12.7. The van der Waals surface area contributed by atoms with Gasteiger partial charge in [0.05, 0.1) is 11.6 Å². The van der Waals surface area contributed by atoms with Crippen LogP contribution in [0.4, 0.5) is 6.01 Å². The molecular formula is C22H25N5O2. The first-order valence-corrected chi connectivity index (χ1v) is 10.5. The van der Waals surface area contributed by atoms with Gasteiger partial charge >= 0.3 is 6.01 Å². The lowest BCUT2D eigenvalue weighted by Gasteiger charge is -2.33. The van der Waals surface area contributed by atoms with Crippen LogP contribution in [0.3, 0.4) is 0 Å². The zero-order chi connectivity index (χ0) is 20.0. The summed E-state index contributed by atoms with van der Waals surface area (Å²) in [6, 6.07) is 9.72. The van der Waals surface area contributed by atoms with Crippen LogP contribution in [0.5, 0.6) is 0 Å². The minimum absolute atomic E-state index is 0.0992. The summed E-state index contributed by atoms with van der Waals surface area (Å²) in [7, 11) is 0. The van der Waals surface area contributed by atoms with Gasteiger partial charge in [-0.15, -0.1) is 5.10 Å². The Morgan fingerprint density at radius 1 is 1.21 bits per heavy atom. The summed E-state index contributed by atoms with van der Waals surface area (Å²) >= 11 is 0. The average molecular weight is 391 g/mol. The second kappa shape index (κ2) is 6.87. The van der Waals surface area contributed by atoms with Crippen LogP contribution in [0.15, 0.2) is 28.7 Å². The molecule has 1 unspecified atom stereocenters. The molecule has 2 saturated carbocycles. The van der Waals surface area contributed by atoms with Gasteiger partial charge in [-0.25, -0.2) is 0 Å². The Balaban J connectivity index is 1.16. The van der Waals surface area contributed by atoms with Crippen LogP contribution < -0.4 is 5.32 Å². The molecule has 1 aliphatic heterocycles. The van der Waals surface area contributed by atoms with E-state index in [2.05, 4.69) is 21.6 Å². The zero-order valence-corrected chi connectivity index (χ0v) is 16.6. The molecule has 0 bridgehead atoms. The minimum Gasteiger partial charge on any atom is -0.408 e. The van der Waals surface area contributed by atoms with E-state index in [1.165, 1.54) is 18.4 Å². The number of piperidine rings is 1. The number of rotatable bonds is 5. The molecule has 1 N–H and O–H groups in total. The quantitative estimate of drug-likeness (QED) is 0.839. The highest BCUT2D eigenvalue weighted by molar-refractivity contribution is 5.83. The van der Waals surface area contributed by atoms with E-state index in [0.29, 0.717) is 28.8 Å². The average Bonchev–Trinajstić information content (AvgIpc) is 3.67. The van der Waals surface area contributed by atoms with Gasteiger partial charge in [-0.3, -0.25) is 4.79 Å². The Kier molecular flexibility index (Phi) is 4.30. The lowest BCUT2D eigenvalue weighted by Crippen LogP contribution is -2.45. The first-order valence-electron chi connectivity index (χ1n) is 10.5. The molecule has 2 heterocycles. The molecule has 7 heteroatoms. The van der Waals surface area contributed by atoms with E-state index in [1.807, 2.05) is 36.1 Å². The van der Waals surface area contributed by atoms with Gasteiger partial charge in [0.1, 0.15) is 6.04 Å². The van der Waals surface area contributed by atoms with Gasteiger partial charge in [0, 0.05) is 19.0 Å². The predicted octanol–water partition coefficient (Wildman–Crippen LogP) is 3.42. The SMILES string of the molecule is C[C@@H](Nc1nnc(C2C[C@@H]2c2ccc(C#N)cc2)o1)C(=O)N1CCC2(CC1)CC2. The van der Waals surface area contributed by atoms with Gasteiger partial charge in [0.15, 0.2) is 0 Å². The maximum atomic E-state index is 12.7. The second-order valence-electron chi connectivity index (χ2n) is 8.82. The van der Waals surface area contributed by atoms with Crippen molar-refractivity contribution < 1.29 is 9.21 Å². The normalized spacial score (nSPS) is 25.3. The van der Waals surface area contributed by atoms with Crippen molar-refractivity contribution in [2.24, 2.45) is 5.41 Å². The number of amides is 1. The van der Waals surface area contributed by atoms with Crippen LogP contribution in [0.1, 0.15) is 67.9 Å². The lowest BCUT2D eigenvalue weighted by molar-refractivity contribution is -0.133. The third-order valence-corrected chi connectivity index (χ3v) is 6.82. The number of aromatic nitrogens is 2. The van der Waals surface area contributed by atoms with E-state index >= 15 is 0 Å². The smallest absolute Gasteiger partial charge is 0.316 e. The van der Waals surface area contributed by atoms with Crippen LogP contribution in [-0.4, -0.2) is 40.1 Å². The molecule has 1 amide bonds. The largest absolute Gasteiger partial charge is 0.408 e. The van der Waals surface area contributed by atoms with Crippen LogP contribution in [0, 0.1) is 16.7 Å². The molecule has 3 fully saturated rings. The minimum atomic E-state index is -0.384. The molecule has 1 spiro atoms. The number of hydrogen-bond donors (Lipinski definition) is 1. The molecule has 150 valence electrons. The Bertz CT molecular complexity index is 946. The Morgan fingerprint density at radius 3 is 2.59 bits per heavy atom. The molecule has 1 aromatic carbocycles. The highest BCUT2D eigenvalue weighted by atomic mass is 16.4. The number of benzene rings is 1. The summed E-state index contributed by atoms with van der Waals surface area (Å²) in [5.41, 5.74) is 2.41. The van der Waals surface area contributed by atoms with Crippen molar-refractivity contribution >= 4 is 11.9 Å². The molecule has 1 saturated heterocycles. The van der Waals surface area contributed by atoms with Crippen LogP contribution in [0.2, 0.25) is 0 Å². The summed E-state index contributed by atoms with van der Waals surface area (Å²) in [5.74, 6) is 1.25. The highest BCUT2D eigenvalue weighted by Crippen LogP contribution is 2.54. The summed E-state index contributed by atoms with van der Waals surface area (Å²) in [5, 5.41) is 20.3. The highest BCUT2D eigenvalue weighted by Gasteiger charge is 2.46. The number of hydrogen-bond acceptors (Lipinski definition) is 6. The van der Waals surface area contributed by atoms with Crippen LogP contribution in [-0.2, 0) is 4.79 Å². The zero-order valence-electron chi connectivity index (χ0n) is 16.6. The fourth-order valence-corrected chi connectivity index (χ4v) is 4.48.